The molecule has 3 heterocycles. The first-order valence-corrected chi connectivity index (χ1v) is 9.75. The Hall–Kier alpha value is -3.09. The first kappa shape index (κ1) is 20.2. The van der Waals surface area contributed by atoms with Crippen LogP contribution in [0.5, 0.6) is 0 Å². The van der Waals surface area contributed by atoms with E-state index in [1.165, 1.54) is 6.07 Å². The highest BCUT2D eigenvalue weighted by Gasteiger charge is 2.26. The van der Waals surface area contributed by atoms with Crippen LogP contribution in [0.3, 0.4) is 0 Å². The number of pyridine rings is 1. The van der Waals surface area contributed by atoms with Crippen LogP contribution in [0.15, 0.2) is 40.9 Å². The third-order valence-electron chi connectivity index (χ3n) is 5.01. The van der Waals surface area contributed by atoms with Crippen molar-refractivity contribution in [1.29, 1.82) is 0 Å². The summed E-state index contributed by atoms with van der Waals surface area (Å²) in [5.41, 5.74) is 2.63. The van der Waals surface area contributed by atoms with Crippen LogP contribution in [0.1, 0.15) is 54.7 Å². The molecule has 5 nitrogen and oxygen atoms in total. The fourth-order valence-electron chi connectivity index (χ4n) is 3.58. The summed E-state index contributed by atoms with van der Waals surface area (Å²) in [6.45, 7) is 6.78. The van der Waals surface area contributed by atoms with Crippen molar-refractivity contribution in [3.05, 3.63) is 59.2 Å². The van der Waals surface area contributed by atoms with Crippen molar-refractivity contribution in [3.63, 3.8) is 0 Å². The van der Waals surface area contributed by atoms with Gasteiger partial charge in [-0.05, 0) is 29.2 Å². The first-order valence-electron chi connectivity index (χ1n) is 9.75. The number of oxazole rings is 1. The monoisotopic (exact) mass is 411 g/mol. The van der Waals surface area contributed by atoms with Crippen molar-refractivity contribution in [2.45, 2.75) is 40.2 Å². The predicted molar refractivity (Wildman–Crippen MR) is 109 cm³/mol. The molecule has 1 aliphatic heterocycles. The molecule has 0 unspecified atom stereocenters. The normalized spacial score (nSPS) is 14.0. The van der Waals surface area contributed by atoms with Gasteiger partial charge in [0, 0.05) is 36.7 Å². The van der Waals surface area contributed by atoms with E-state index in [0.717, 1.165) is 5.56 Å². The molecular formula is C23H23F2N3O2. The number of amides is 1. The van der Waals surface area contributed by atoms with E-state index < -0.39 is 6.43 Å². The number of aromatic nitrogens is 2. The number of alkyl halides is 2. The number of fused-ring (bicyclic) bond motifs is 1. The van der Waals surface area contributed by atoms with Gasteiger partial charge in [-0.2, -0.15) is 0 Å². The maximum absolute atomic E-state index is 13.4. The van der Waals surface area contributed by atoms with Gasteiger partial charge < -0.3 is 9.32 Å². The topological polar surface area (TPSA) is 59.2 Å². The Bertz CT molecular complexity index is 1120. The molecule has 1 amide bonds. The van der Waals surface area contributed by atoms with E-state index in [0.29, 0.717) is 47.0 Å². The standard InChI is InChI=1S/C23H23F2N3O2/c1-23(2,3)10-19-26-11-18(30-19)15-7-8-17(21(24)25)27-20(15)13-5-6-14-12-28(4)22(29)16(14)9-13/h5-9,11,21H,10,12H2,1-4H3. The summed E-state index contributed by atoms with van der Waals surface area (Å²) in [7, 11) is 1.73. The van der Waals surface area contributed by atoms with Crippen molar-refractivity contribution in [1.82, 2.24) is 14.9 Å². The molecule has 0 radical (unpaired) electrons. The van der Waals surface area contributed by atoms with Crippen LogP contribution in [-0.2, 0) is 13.0 Å². The van der Waals surface area contributed by atoms with E-state index in [9.17, 15) is 13.6 Å². The zero-order valence-electron chi connectivity index (χ0n) is 17.4. The van der Waals surface area contributed by atoms with Gasteiger partial charge in [-0.1, -0.05) is 32.9 Å². The molecule has 0 atom stereocenters. The highest BCUT2D eigenvalue weighted by molar-refractivity contribution is 5.99. The summed E-state index contributed by atoms with van der Waals surface area (Å²) in [5.74, 6) is 0.944. The van der Waals surface area contributed by atoms with Crippen LogP contribution < -0.4 is 0 Å². The summed E-state index contributed by atoms with van der Waals surface area (Å²) >= 11 is 0. The molecule has 30 heavy (non-hydrogen) atoms. The average Bonchev–Trinajstić information content (AvgIpc) is 3.24. The fraction of sp³-hybridized carbons (Fsp3) is 0.348. The quantitative estimate of drug-likeness (QED) is 0.568. The Kier molecular flexibility index (Phi) is 4.92. The molecule has 0 bridgehead atoms. The van der Waals surface area contributed by atoms with Gasteiger partial charge in [0.15, 0.2) is 11.7 Å². The molecule has 2 aromatic heterocycles. The lowest BCUT2D eigenvalue weighted by Crippen LogP contribution is -2.17. The second-order valence-corrected chi connectivity index (χ2v) is 8.82. The van der Waals surface area contributed by atoms with E-state index in [4.69, 9.17) is 4.42 Å². The Morgan fingerprint density at radius 2 is 1.93 bits per heavy atom. The van der Waals surface area contributed by atoms with Gasteiger partial charge in [-0.15, -0.1) is 0 Å². The second kappa shape index (κ2) is 7.31. The summed E-state index contributed by atoms with van der Waals surface area (Å²) in [4.78, 5) is 22.6. The van der Waals surface area contributed by atoms with Crippen LogP contribution in [0.25, 0.3) is 22.6 Å². The van der Waals surface area contributed by atoms with Gasteiger partial charge in [0.1, 0.15) is 5.69 Å². The van der Waals surface area contributed by atoms with E-state index in [1.54, 1.807) is 36.3 Å². The number of halogens is 2. The van der Waals surface area contributed by atoms with Crippen LogP contribution in [0.4, 0.5) is 8.78 Å². The van der Waals surface area contributed by atoms with Crippen molar-refractivity contribution in [2.24, 2.45) is 5.41 Å². The van der Waals surface area contributed by atoms with Crippen molar-refractivity contribution in [2.75, 3.05) is 7.05 Å². The van der Waals surface area contributed by atoms with Gasteiger partial charge in [-0.25, -0.2) is 18.7 Å². The molecule has 4 rings (SSSR count). The first-order chi connectivity index (χ1) is 14.1. The zero-order chi connectivity index (χ0) is 21.6. The highest BCUT2D eigenvalue weighted by Crippen LogP contribution is 2.36. The molecule has 0 aliphatic carbocycles. The number of hydrogen-bond donors (Lipinski definition) is 0. The smallest absolute Gasteiger partial charge is 0.280 e. The minimum Gasteiger partial charge on any atom is -0.441 e. The lowest BCUT2D eigenvalue weighted by Gasteiger charge is -2.14. The number of hydrogen-bond acceptors (Lipinski definition) is 4. The number of benzene rings is 1. The summed E-state index contributed by atoms with van der Waals surface area (Å²) in [6.07, 6.45) is -0.466. The number of carbonyl (C=O) groups excluding carboxylic acids is 1. The van der Waals surface area contributed by atoms with E-state index in [-0.39, 0.29) is 17.0 Å². The molecular weight excluding hydrogens is 388 g/mol. The minimum atomic E-state index is -2.70. The van der Waals surface area contributed by atoms with Gasteiger partial charge >= 0.3 is 0 Å². The lowest BCUT2D eigenvalue weighted by molar-refractivity contribution is 0.0816. The Morgan fingerprint density at radius 1 is 1.17 bits per heavy atom. The van der Waals surface area contributed by atoms with Crippen LogP contribution >= 0.6 is 0 Å². The largest absolute Gasteiger partial charge is 0.441 e. The number of carbonyl (C=O) groups is 1. The average molecular weight is 411 g/mol. The van der Waals surface area contributed by atoms with Gasteiger partial charge in [0.25, 0.3) is 12.3 Å². The van der Waals surface area contributed by atoms with Crippen molar-refractivity contribution < 1.29 is 18.0 Å². The molecule has 0 saturated carbocycles. The highest BCUT2D eigenvalue weighted by atomic mass is 19.3. The van der Waals surface area contributed by atoms with E-state index >= 15 is 0 Å². The minimum absolute atomic E-state index is 0.00485. The molecule has 156 valence electrons. The van der Waals surface area contributed by atoms with E-state index in [2.05, 4.69) is 30.7 Å². The molecule has 7 heteroatoms. The summed E-state index contributed by atoms with van der Waals surface area (Å²) < 4.78 is 32.6. The SMILES string of the molecule is CN1Cc2ccc(-c3nc(C(F)F)ccc3-c3cnc(CC(C)(C)C)o3)cc2C1=O. The molecule has 1 aromatic carbocycles. The molecule has 1 aliphatic rings. The number of nitrogens with zero attached hydrogens (tertiary/aromatic N) is 3. The van der Waals surface area contributed by atoms with Gasteiger partial charge in [-0.3, -0.25) is 4.79 Å². The second-order valence-electron chi connectivity index (χ2n) is 8.82. The van der Waals surface area contributed by atoms with Crippen LogP contribution in [0.2, 0.25) is 0 Å². The van der Waals surface area contributed by atoms with Gasteiger partial charge in [0.05, 0.1) is 11.9 Å². The van der Waals surface area contributed by atoms with Gasteiger partial charge in [0.2, 0.25) is 0 Å². The molecule has 0 saturated heterocycles. The van der Waals surface area contributed by atoms with Crippen LogP contribution in [-0.4, -0.2) is 27.8 Å². The Balaban J connectivity index is 1.82. The number of rotatable bonds is 4. The lowest BCUT2D eigenvalue weighted by atomic mass is 9.92. The third kappa shape index (κ3) is 3.84. The molecule has 0 N–H and O–H groups in total. The summed E-state index contributed by atoms with van der Waals surface area (Å²) in [6, 6.07) is 8.24. The fourth-order valence-corrected chi connectivity index (χ4v) is 3.58. The Labute approximate surface area is 173 Å². The zero-order valence-corrected chi connectivity index (χ0v) is 17.4. The molecule has 0 fully saturated rings. The Morgan fingerprint density at radius 3 is 2.63 bits per heavy atom. The maximum atomic E-state index is 13.4. The van der Waals surface area contributed by atoms with Crippen molar-refractivity contribution in [3.8, 4) is 22.6 Å². The molecule has 0 spiro atoms. The summed E-state index contributed by atoms with van der Waals surface area (Å²) in [5, 5.41) is 0. The van der Waals surface area contributed by atoms with Crippen molar-refractivity contribution >= 4 is 5.91 Å². The van der Waals surface area contributed by atoms with Crippen LogP contribution in [0, 0.1) is 5.41 Å². The predicted octanol–water partition coefficient (Wildman–Crippen LogP) is 5.52. The third-order valence-corrected chi connectivity index (χ3v) is 5.01. The van der Waals surface area contributed by atoms with E-state index in [1.807, 2.05) is 6.07 Å². The maximum Gasteiger partial charge on any atom is 0.280 e. The molecule has 3 aromatic rings.